The van der Waals surface area contributed by atoms with E-state index in [-0.39, 0.29) is 0 Å². The second-order valence-corrected chi connectivity index (χ2v) is 8.50. The van der Waals surface area contributed by atoms with E-state index in [9.17, 15) is 0 Å². The van der Waals surface area contributed by atoms with Crippen molar-refractivity contribution in [2.75, 3.05) is 7.05 Å². The Morgan fingerprint density at radius 3 is 2.54 bits per heavy atom. The molecule has 1 atom stereocenters. The third kappa shape index (κ3) is 4.08. The largest absolute Gasteiger partial charge is 0.315 e. The van der Waals surface area contributed by atoms with Crippen molar-refractivity contribution in [1.82, 2.24) is 19.3 Å². The van der Waals surface area contributed by atoms with Gasteiger partial charge in [0.1, 0.15) is 6.54 Å². The fraction of sp³-hybridized carbons (Fsp3) is 0.409. The number of benzene rings is 1. The summed E-state index contributed by atoms with van der Waals surface area (Å²) in [6.07, 6.45) is 6.02. The van der Waals surface area contributed by atoms with Crippen LogP contribution in [0, 0.1) is 4.77 Å². The summed E-state index contributed by atoms with van der Waals surface area (Å²) in [5.74, 6) is 1.50. The number of rotatable bonds is 7. The molecule has 0 saturated heterocycles. The minimum Gasteiger partial charge on any atom is -0.315 e. The predicted molar refractivity (Wildman–Crippen MR) is 114 cm³/mol. The molecule has 1 aliphatic carbocycles. The molecule has 0 spiro atoms. The standard InChI is InChI=1S/C22H27N5S/c1-16(2)18-8-6-17(7-9-18)14-25(3)15-26-22(28)27(20-10-11-20)21(24-26)19-5-4-12-23-13-19/h4-9,12-13,16,20H,10-11,14-15H2,1-3H3/p+1. The maximum absolute atomic E-state index is 5.79. The van der Waals surface area contributed by atoms with Gasteiger partial charge in [0, 0.05) is 29.6 Å². The third-order valence-electron chi connectivity index (χ3n) is 5.27. The maximum atomic E-state index is 5.79. The minimum atomic E-state index is 0.486. The second kappa shape index (κ2) is 7.97. The van der Waals surface area contributed by atoms with Crippen molar-refractivity contribution in [2.45, 2.75) is 51.9 Å². The first-order valence-corrected chi connectivity index (χ1v) is 10.4. The molecule has 2 aromatic heterocycles. The van der Waals surface area contributed by atoms with Crippen LogP contribution in [0.2, 0.25) is 0 Å². The van der Waals surface area contributed by atoms with E-state index in [0.717, 1.165) is 29.4 Å². The average molecular weight is 395 g/mol. The van der Waals surface area contributed by atoms with Gasteiger partial charge in [-0.15, -0.1) is 5.10 Å². The summed E-state index contributed by atoms with van der Waals surface area (Å²) < 4.78 is 5.01. The lowest BCUT2D eigenvalue weighted by molar-refractivity contribution is -0.917. The van der Waals surface area contributed by atoms with Crippen molar-refractivity contribution in [3.63, 3.8) is 0 Å². The zero-order valence-corrected chi connectivity index (χ0v) is 17.6. The van der Waals surface area contributed by atoms with Crippen molar-refractivity contribution in [2.24, 2.45) is 0 Å². The maximum Gasteiger partial charge on any atom is 0.203 e. The first-order valence-electron chi connectivity index (χ1n) is 10.0. The highest BCUT2D eigenvalue weighted by Crippen LogP contribution is 2.38. The van der Waals surface area contributed by atoms with E-state index in [1.807, 2.05) is 16.9 Å². The highest BCUT2D eigenvalue weighted by molar-refractivity contribution is 7.71. The van der Waals surface area contributed by atoms with Gasteiger partial charge in [0.2, 0.25) is 4.77 Å². The van der Waals surface area contributed by atoms with E-state index in [0.29, 0.717) is 12.0 Å². The Kier molecular flexibility index (Phi) is 5.42. The van der Waals surface area contributed by atoms with Gasteiger partial charge in [0.05, 0.1) is 7.05 Å². The van der Waals surface area contributed by atoms with E-state index in [1.165, 1.54) is 28.9 Å². The van der Waals surface area contributed by atoms with Crippen molar-refractivity contribution in [1.29, 1.82) is 0 Å². The molecule has 1 unspecified atom stereocenters. The third-order valence-corrected chi connectivity index (χ3v) is 5.68. The zero-order chi connectivity index (χ0) is 19.7. The van der Waals surface area contributed by atoms with Crippen LogP contribution < -0.4 is 4.90 Å². The van der Waals surface area contributed by atoms with Crippen LogP contribution in [0.25, 0.3) is 11.4 Å². The lowest BCUT2D eigenvalue weighted by Crippen LogP contribution is -3.07. The molecule has 28 heavy (non-hydrogen) atoms. The van der Waals surface area contributed by atoms with Gasteiger partial charge in [0.25, 0.3) is 0 Å². The highest BCUT2D eigenvalue weighted by Gasteiger charge is 2.29. The van der Waals surface area contributed by atoms with E-state index in [1.54, 1.807) is 6.20 Å². The molecule has 0 aliphatic heterocycles. The lowest BCUT2D eigenvalue weighted by Gasteiger charge is -2.14. The van der Waals surface area contributed by atoms with Crippen LogP contribution in [0.1, 0.15) is 49.8 Å². The number of quaternary nitrogens is 1. The summed E-state index contributed by atoms with van der Waals surface area (Å²) in [4.78, 5) is 5.61. The SMILES string of the molecule is CC(C)c1ccc(C[NH+](C)Cn2nc(-c3cccnc3)n(C3CC3)c2=S)cc1. The molecule has 146 valence electrons. The molecule has 1 fully saturated rings. The predicted octanol–water partition coefficient (Wildman–Crippen LogP) is 3.61. The van der Waals surface area contributed by atoms with Crippen LogP contribution in [0.3, 0.4) is 0 Å². The summed E-state index contributed by atoms with van der Waals surface area (Å²) in [5.41, 5.74) is 3.75. The zero-order valence-electron chi connectivity index (χ0n) is 16.8. The van der Waals surface area contributed by atoms with Gasteiger partial charge < -0.3 is 4.90 Å². The summed E-state index contributed by atoms with van der Waals surface area (Å²) in [5, 5.41) is 4.87. The van der Waals surface area contributed by atoms with Crippen molar-refractivity contribution < 1.29 is 4.90 Å². The molecule has 1 aromatic carbocycles. The molecule has 3 aromatic rings. The number of pyridine rings is 1. The van der Waals surface area contributed by atoms with E-state index >= 15 is 0 Å². The van der Waals surface area contributed by atoms with Crippen molar-refractivity contribution >= 4 is 12.2 Å². The molecule has 6 heteroatoms. The van der Waals surface area contributed by atoms with E-state index < -0.39 is 0 Å². The number of hydrogen-bond donors (Lipinski definition) is 1. The first-order chi connectivity index (χ1) is 13.5. The smallest absolute Gasteiger partial charge is 0.203 e. The molecular weight excluding hydrogens is 366 g/mol. The van der Waals surface area contributed by atoms with Gasteiger partial charge in [-0.05, 0) is 48.7 Å². The Morgan fingerprint density at radius 2 is 1.93 bits per heavy atom. The Hall–Kier alpha value is -2.31. The first kappa shape index (κ1) is 19.0. The molecule has 0 amide bonds. The number of aromatic nitrogens is 4. The average Bonchev–Trinajstić information content (AvgIpc) is 3.47. The molecule has 4 rings (SSSR count). The van der Waals surface area contributed by atoms with Crippen LogP contribution >= 0.6 is 12.2 Å². The second-order valence-electron chi connectivity index (χ2n) is 8.14. The number of nitrogens with zero attached hydrogens (tertiary/aromatic N) is 4. The molecule has 1 saturated carbocycles. The van der Waals surface area contributed by atoms with Crippen LogP contribution in [0.4, 0.5) is 0 Å². The Bertz CT molecular complexity index is 984. The van der Waals surface area contributed by atoms with Crippen LogP contribution in [-0.2, 0) is 13.2 Å². The van der Waals surface area contributed by atoms with Crippen molar-refractivity contribution in [3.05, 3.63) is 64.7 Å². The van der Waals surface area contributed by atoms with E-state index in [2.05, 4.69) is 60.8 Å². The topological polar surface area (TPSA) is 40.1 Å². The van der Waals surface area contributed by atoms with Crippen LogP contribution in [-0.4, -0.2) is 26.4 Å². The monoisotopic (exact) mass is 394 g/mol. The summed E-state index contributed by atoms with van der Waals surface area (Å²) in [7, 11) is 2.19. The quantitative estimate of drug-likeness (QED) is 0.623. The molecule has 0 bridgehead atoms. The number of nitrogens with one attached hydrogen (secondary N) is 1. The normalized spacial score (nSPS) is 15.1. The van der Waals surface area contributed by atoms with Gasteiger partial charge in [-0.25, -0.2) is 0 Å². The highest BCUT2D eigenvalue weighted by atomic mass is 32.1. The molecule has 0 radical (unpaired) electrons. The fourth-order valence-electron chi connectivity index (χ4n) is 3.56. The fourth-order valence-corrected chi connectivity index (χ4v) is 3.90. The number of hydrogen-bond acceptors (Lipinski definition) is 3. The molecule has 2 heterocycles. The molecule has 1 N–H and O–H groups in total. The summed E-state index contributed by atoms with van der Waals surface area (Å²) in [6.45, 7) is 6.14. The van der Waals surface area contributed by atoms with Gasteiger partial charge >= 0.3 is 0 Å². The van der Waals surface area contributed by atoms with Crippen molar-refractivity contribution in [3.8, 4) is 11.4 Å². The van der Waals surface area contributed by atoms with Gasteiger partial charge in [-0.2, -0.15) is 4.68 Å². The molecule has 5 nitrogen and oxygen atoms in total. The van der Waals surface area contributed by atoms with Gasteiger partial charge in [0.15, 0.2) is 12.5 Å². The Labute approximate surface area is 171 Å². The van der Waals surface area contributed by atoms with Gasteiger partial charge in [-0.3, -0.25) is 9.55 Å². The van der Waals surface area contributed by atoms with Gasteiger partial charge in [-0.1, -0.05) is 38.1 Å². The van der Waals surface area contributed by atoms with Crippen LogP contribution in [0.15, 0.2) is 48.8 Å². The molecule has 1 aliphatic rings. The summed E-state index contributed by atoms with van der Waals surface area (Å²) in [6, 6.07) is 13.4. The molecular formula is C22H28N5S+. The van der Waals surface area contributed by atoms with Crippen LogP contribution in [0.5, 0.6) is 0 Å². The lowest BCUT2D eigenvalue weighted by atomic mass is 10.0. The summed E-state index contributed by atoms with van der Waals surface area (Å²) >= 11 is 5.79. The Balaban J connectivity index is 1.54. The Morgan fingerprint density at radius 1 is 1.18 bits per heavy atom. The van der Waals surface area contributed by atoms with E-state index in [4.69, 9.17) is 17.3 Å². The minimum absolute atomic E-state index is 0.486.